The lowest BCUT2D eigenvalue weighted by atomic mass is 9.85. The number of amides is 1. The zero-order valence-electron chi connectivity index (χ0n) is 12.9. The molecular weight excluding hydrogens is 240 g/mol. The standard InChI is InChI=1S/C15H30N2O2/c1-12-8-5-6-9-13(12)17(11-7-10-16)14(18)19-15(2,3)4/h12-13H,5-11,16H2,1-4H3. The molecule has 1 aliphatic rings. The zero-order chi connectivity index (χ0) is 14.5. The SMILES string of the molecule is CC1CCCCC1N(CCCN)C(=O)OC(C)(C)C. The molecule has 1 aliphatic carbocycles. The van der Waals surface area contributed by atoms with Gasteiger partial charge in [-0.25, -0.2) is 4.79 Å². The van der Waals surface area contributed by atoms with E-state index in [1.54, 1.807) is 0 Å². The van der Waals surface area contributed by atoms with Gasteiger partial charge < -0.3 is 15.4 Å². The van der Waals surface area contributed by atoms with Crippen LogP contribution in [0.5, 0.6) is 0 Å². The molecule has 4 heteroatoms. The molecule has 0 aromatic carbocycles. The van der Waals surface area contributed by atoms with Gasteiger partial charge in [0, 0.05) is 12.6 Å². The molecule has 19 heavy (non-hydrogen) atoms. The highest BCUT2D eigenvalue weighted by Crippen LogP contribution is 2.29. The summed E-state index contributed by atoms with van der Waals surface area (Å²) < 4.78 is 5.54. The van der Waals surface area contributed by atoms with Crippen LogP contribution in [0.3, 0.4) is 0 Å². The van der Waals surface area contributed by atoms with Crippen LogP contribution >= 0.6 is 0 Å². The summed E-state index contributed by atoms with van der Waals surface area (Å²) in [7, 11) is 0. The fraction of sp³-hybridized carbons (Fsp3) is 0.933. The summed E-state index contributed by atoms with van der Waals surface area (Å²) in [6, 6.07) is 0.315. The molecule has 2 atom stereocenters. The third-order valence-electron chi connectivity index (χ3n) is 3.70. The van der Waals surface area contributed by atoms with Gasteiger partial charge in [0.1, 0.15) is 5.60 Å². The van der Waals surface area contributed by atoms with Crippen LogP contribution in [0.4, 0.5) is 4.79 Å². The van der Waals surface area contributed by atoms with Crippen LogP contribution in [0, 0.1) is 5.92 Å². The molecule has 0 bridgehead atoms. The molecule has 0 saturated heterocycles. The van der Waals surface area contributed by atoms with Crippen molar-refractivity contribution in [1.82, 2.24) is 4.90 Å². The van der Waals surface area contributed by atoms with E-state index >= 15 is 0 Å². The smallest absolute Gasteiger partial charge is 0.410 e. The molecule has 0 aromatic rings. The number of nitrogens with zero attached hydrogens (tertiary/aromatic N) is 1. The summed E-state index contributed by atoms with van der Waals surface area (Å²) in [5.41, 5.74) is 5.16. The van der Waals surface area contributed by atoms with Crippen molar-refractivity contribution in [3.05, 3.63) is 0 Å². The van der Waals surface area contributed by atoms with Gasteiger partial charge >= 0.3 is 6.09 Å². The molecule has 1 saturated carbocycles. The first-order valence-corrected chi connectivity index (χ1v) is 7.55. The Hall–Kier alpha value is -0.770. The van der Waals surface area contributed by atoms with Crippen LogP contribution in [0.2, 0.25) is 0 Å². The highest BCUT2D eigenvalue weighted by atomic mass is 16.6. The largest absolute Gasteiger partial charge is 0.444 e. The molecule has 1 fully saturated rings. The van der Waals surface area contributed by atoms with Crippen molar-refractivity contribution < 1.29 is 9.53 Å². The van der Waals surface area contributed by atoms with Gasteiger partial charge in [-0.1, -0.05) is 19.8 Å². The third-order valence-corrected chi connectivity index (χ3v) is 3.70. The van der Waals surface area contributed by atoms with Crippen LogP contribution in [0.1, 0.15) is 59.8 Å². The maximum atomic E-state index is 12.4. The summed E-state index contributed by atoms with van der Waals surface area (Å²) in [5, 5.41) is 0. The molecule has 0 aliphatic heterocycles. The van der Waals surface area contributed by atoms with Crippen molar-refractivity contribution in [1.29, 1.82) is 0 Å². The molecule has 0 aromatic heterocycles. The normalized spacial score (nSPS) is 24.1. The van der Waals surface area contributed by atoms with Gasteiger partial charge in [0.2, 0.25) is 0 Å². The van der Waals surface area contributed by atoms with Crippen molar-refractivity contribution >= 4 is 6.09 Å². The molecule has 0 spiro atoms. The maximum absolute atomic E-state index is 12.4. The minimum absolute atomic E-state index is 0.181. The van der Waals surface area contributed by atoms with Gasteiger partial charge in [0.15, 0.2) is 0 Å². The van der Waals surface area contributed by atoms with E-state index in [9.17, 15) is 4.79 Å². The second-order valence-electron chi connectivity index (χ2n) is 6.65. The second kappa shape index (κ2) is 7.13. The molecule has 112 valence electrons. The monoisotopic (exact) mass is 270 g/mol. The minimum Gasteiger partial charge on any atom is -0.444 e. The van der Waals surface area contributed by atoms with Crippen LogP contribution in [-0.2, 0) is 4.74 Å². The summed E-state index contributed by atoms with van der Waals surface area (Å²) in [6.45, 7) is 9.30. The predicted octanol–water partition coefficient (Wildman–Crippen LogP) is 3.15. The summed E-state index contributed by atoms with van der Waals surface area (Å²) in [5.74, 6) is 0.555. The van der Waals surface area contributed by atoms with E-state index in [0.717, 1.165) is 12.8 Å². The lowest BCUT2D eigenvalue weighted by molar-refractivity contribution is 0.00519. The van der Waals surface area contributed by atoms with Crippen molar-refractivity contribution in [2.75, 3.05) is 13.1 Å². The number of hydrogen-bond donors (Lipinski definition) is 1. The first-order chi connectivity index (χ1) is 8.85. The number of carbonyl (C=O) groups excluding carboxylic acids is 1. The Kier molecular flexibility index (Phi) is 6.11. The molecule has 1 rings (SSSR count). The van der Waals surface area contributed by atoms with E-state index < -0.39 is 5.60 Å². The van der Waals surface area contributed by atoms with Gasteiger partial charge in [-0.05, 0) is 52.5 Å². The Balaban J connectivity index is 2.72. The van der Waals surface area contributed by atoms with E-state index in [0.29, 0.717) is 25.0 Å². The average Bonchev–Trinajstić information content (AvgIpc) is 2.29. The molecular formula is C15H30N2O2. The highest BCUT2D eigenvalue weighted by molar-refractivity contribution is 5.68. The molecule has 2 unspecified atom stereocenters. The van der Waals surface area contributed by atoms with Crippen LogP contribution in [0.15, 0.2) is 0 Å². The lowest BCUT2D eigenvalue weighted by Gasteiger charge is -2.39. The van der Waals surface area contributed by atoms with Gasteiger partial charge in [-0.2, -0.15) is 0 Å². The van der Waals surface area contributed by atoms with Crippen LogP contribution < -0.4 is 5.73 Å². The van der Waals surface area contributed by atoms with E-state index in [2.05, 4.69) is 6.92 Å². The fourth-order valence-corrected chi connectivity index (χ4v) is 2.73. The van der Waals surface area contributed by atoms with E-state index in [-0.39, 0.29) is 6.09 Å². The van der Waals surface area contributed by atoms with E-state index in [1.807, 2.05) is 25.7 Å². The first kappa shape index (κ1) is 16.3. The fourth-order valence-electron chi connectivity index (χ4n) is 2.73. The molecule has 2 N–H and O–H groups in total. The highest BCUT2D eigenvalue weighted by Gasteiger charge is 2.32. The summed E-state index contributed by atoms with van der Waals surface area (Å²) >= 11 is 0. The quantitative estimate of drug-likeness (QED) is 0.853. The molecule has 0 radical (unpaired) electrons. The van der Waals surface area contributed by atoms with Crippen molar-refractivity contribution in [3.8, 4) is 0 Å². The van der Waals surface area contributed by atoms with Gasteiger partial charge in [0.25, 0.3) is 0 Å². The van der Waals surface area contributed by atoms with E-state index in [1.165, 1.54) is 19.3 Å². The summed E-state index contributed by atoms with van der Waals surface area (Å²) in [6.07, 6.45) is 5.42. The molecule has 0 heterocycles. The van der Waals surface area contributed by atoms with E-state index in [4.69, 9.17) is 10.5 Å². The van der Waals surface area contributed by atoms with Gasteiger partial charge in [-0.3, -0.25) is 0 Å². The molecule has 1 amide bonds. The Morgan fingerprint density at radius 1 is 1.32 bits per heavy atom. The topological polar surface area (TPSA) is 55.6 Å². The summed E-state index contributed by atoms with van der Waals surface area (Å²) in [4.78, 5) is 14.3. The number of ether oxygens (including phenoxy) is 1. The minimum atomic E-state index is -0.435. The Morgan fingerprint density at radius 3 is 2.47 bits per heavy atom. The third kappa shape index (κ3) is 5.39. The second-order valence-corrected chi connectivity index (χ2v) is 6.65. The van der Waals surface area contributed by atoms with Gasteiger partial charge in [-0.15, -0.1) is 0 Å². The average molecular weight is 270 g/mol. The number of nitrogens with two attached hydrogens (primary N) is 1. The van der Waals surface area contributed by atoms with Crippen molar-refractivity contribution in [2.24, 2.45) is 11.7 Å². The predicted molar refractivity (Wildman–Crippen MR) is 78.0 cm³/mol. The Bertz CT molecular complexity index is 286. The zero-order valence-corrected chi connectivity index (χ0v) is 12.9. The Morgan fingerprint density at radius 2 is 1.95 bits per heavy atom. The number of carbonyl (C=O) groups is 1. The van der Waals surface area contributed by atoms with Crippen LogP contribution in [-0.4, -0.2) is 35.7 Å². The lowest BCUT2D eigenvalue weighted by Crippen LogP contribution is -2.48. The van der Waals surface area contributed by atoms with Crippen molar-refractivity contribution in [3.63, 3.8) is 0 Å². The first-order valence-electron chi connectivity index (χ1n) is 7.55. The van der Waals surface area contributed by atoms with Crippen LogP contribution in [0.25, 0.3) is 0 Å². The number of rotatable bonds is 4. The van der Waals surface area contributed by atoms with Gasteiger partial charge in [0.05, 0.1) is 0 Å². The maximum Gasteiger partial charge on any atom is 0.410 e. The Labute approximate surface area is 117 Å². The molecule has 4 nitrogen and oxygen atoms in total. The number of hydrogen-bond acceptors (Lipinski definition) is 3. The van der Waals surface area contributed by atoms with Crippen molar-refractivity contribution in [2.45, 2.75) is 71.4 Å².